The SMILES string of the molecule is CCC1CN(CC(N)C(=O)N2CCCC2C#N)C(=O)N1Cc1ccc(CN=O)cc1. The average molecular weight is 412 g/mol. The summed E-state index contributed by atoms with van der Waals surface area (Å²) in [5, 5.41) is 12.1. The van der Waals surface area contributed by atoms with E-state index in [0.717, 1.165) is 24.0 Å². The number of urea groups is 1. The van der Waals surface area contributed by atoms with E-state index in [1.165, 1.54) is 4.90 Å². The molecule has 0 bridgehead atoms. The van der Waals surface area contributed by atoms with E-state index in [-0.39, 0.29) is 31.1 Å². The van der Waals surface area contributed by atoms with Crippen LogP contribution in [0.4, 0.5) is 4.79 Å². The van der Waals surface area contributed by atoms with Crippen LogP contribution in [0.5, 0.6) is 0 Å². The van der Waals surface area contributed by atoms with Crippen LogP contribution in [0.2, 0.25) is 0 Å². The van der Waals surface area contributed by atoms with E-state index in [2.05, 4.69) is 11.2 Å². The molecule has 0 aromatic heterocycles. The number of hydrogen-bond donors (Lipinski definition) is 1. The fraction of sp³-hybridized carbons (Fsp3) is 0.571. The number of hydrogen-bond acceptors (Lipinski definition) is 6. The minimum Gasteiger partial charge on any atom is -0.325 e. The van der Waals surface area contributed by atoms with E-state index in [4.69, 9.17) is 5.73 Å². The van der Waals surface area contributed by atoms with Gasteiger partial charge in [-0.15, -0.1) is 0 Å². The molecular formula is C21H28N6O3. The highest BCUT2D eigenvalue weighted by Crippen LogP contribution is 2.23. The smallest absolute Gasteiger partial charge is 0.320 e. The molecule has 2 fully saturated rings. The molecule has 9 heteroatoms. The average Bonchev–Trinajstić information content (AvgIpc) is 3.34. The van der Waals surface area contributed by atoms with Crippen molar-refractivity contribution in [3.05, 3.63) is 40.3 Å². The number of nitroso groups, excluding NO2 is 1. The zero-order valence-corrected chi connectivity index (χ0v) is 17.2. The first kappa shape index (κ1) is 21.7. The van der Waals surface area contributed by atoms with E-state index >= 15 is 0 Å². The van der Waals surface area contributed by atoms with Crippen molar-refractivity contribution in [2.24, 2.45) is 10.9 Å². The Hall–Kier alpha value is -2.99. The van der Waals surface area contributed by atoms with Gasteiger partial charge < -0.3 is 20.4 Å². The standard InChI is InChI=1S/C21H28N6O3/c1-2-17-13-25(14-19(23)20(28)26-9-3-4-18(26)10-22)21(29)27(17)12-16-7-5-15(6-8-16)11-24-30/h5-8,17-19H,2-4,9,11-14,23H2,1H3. The number of amides is 3. The first-order valence-electron chi connectivity index (χ1n) is 10.4. The van der Waals surface area contributed by atoms with Gasteiger partial charge in [-0.2, -0.15) is 10.2 Å². The fourth-order valence-corrected chi connectivity index (χ4v) is 4.18. The van der Waals surface area contributed by atoms with Crippen LogP contribution in [0.15, 0.2) is 29.4 Å². The molecule has 2 aliphatic rings. The highest BCUT2D eigenvalue weighted by Gasteiger charge is 2.39. The van der Waals surface area contributed by atoms with Crippen LogP contribution < -0.4 is 5.73 Å². The monoisotopic (exact) mass is 412 g/mol. The van der Waals surface area contributed by atoms with Crippen molar-refractivity contribution in [2.75, 3.05) is 19.6 Å². The van der Waals surface area contributed by atoms with Crippen molar-refractivity contribution in [1.29, 1.82) is 5.26 Å². The van der Waals surface area contributed by atoms with Gasteiger partial charge in [0.2, 0.25) is 5.91 Å². The molecule has 3 rings (SSSR count). The topological polar surface area (TPSA) is 123 Å². The van der Waals surface area contributed by atoms with Crippen molar-refractivity contribution >= 4 is 11.9 Å². The highest BCUT2D eigenvalue weighted by molar-refractivity contribution is 5.84. The lowest BCUT2D eigenvalue weighted by molar-refractivity contribution is -0.132. The third-order valence-corrected chi connectivity index (χ3v) is 5.90. The first-order chi connectivity index (χ1) is 14.5. The lowest BCUT2D eigenvalue weighted by Gasteiger charge is -2.26. The summed E-state index contributed by atoms with van der Waals surface area (Å²) in [5.41, 5.74) is 7.93. The number of nitrogens with zero attached hydrogens (tertiary/aromatic N) is 5. The summed E-state index contributed by atoms with van der Waals surface area (Å²) in [5.74, 6) is -0.266. The molecule has 2 N–H and O–H groups in total. The molecule has 0 saturated carbocycles. The Morgan fingerprint density at radius 2 is 2.03 bits per heavy atom. The number of carbonyl (C=O) groups excluding carboxylic acids is 2. The largest absolute Gasteiger partial charge is 0.325 e. The second kappa shape index (κ2) is 9.67. The number of benzene rings is 1. The van der Waals surface area contributed by atoms with Gasteiger partial charge in [0, 0.05) is 26.2 Å². The molecular weight excluding hydrogens is 384 g/mol. The summed E-state index contributed by atoms with van der Waals surface area (Å²) in [4.78, 5) is 41.1. The van der Waals surface area contributed by atoms with Crippen molar-refractivity contribution in [2.45, 2.75) is 57.4 Å². The van der Waals surface area contributed by atoms with Crippen molar-refractivity contribution in [1.82, 2.24) is 14.7 Å². The molecule has 1 aromatic rings. The number of nitriles is 1. The van der Waals surface area contributed by atoms with Gasteiger partial charge in [-0.1, -0.05) is 36.4 Å². The van der Waals surface area contributed by atoms with Gasteiger partial charge in [-0.25, -0.2) is 4.79 Å². The van der Waals surface area contributed by atoms with E-state index in [1.54, 1.807) is 9.80 Å². The van der Waals surface area contributed by atoms with Crippen molar-refractivity contribution < 1.29 is 9.59 Å². The Morgan fingerprint density at radius 1 is 1.33 bits per heavy atom. The van der Waals surface area contributed by atoms with Gasteiger partial charge in [-0.3, -0.25) is 4.79 Å². The molecule has 0 radical (unpaired) electrons. The van der Waals surface area contributed by atoms with Crippen LogP contribution in [0, 0.1) is 16.2 Å². The maximum atomic E-state index is 13.0. The second-order valence-corrected chi connectivity index (χ2v) is 7.91. The molecule has 3 unspecified atom stereocenters. The highest BCUT2D eigenvalue weighted by atomic mass is 16.3. The molecule has 2 heterocycles. The molecule has 160 valence electrons. The summed E-state index contributed by atoms with van der Waals surface area (Å²) < 4.78 is 0. The van der Waals surface area contributed by atoms with Gasteiger partial charge in [-0.05, 0) is 30.4 Å². The Balaban J connectivity index is 1.63. The predicted octanol–water partition coefficient (Wildman–Crippen LogP) is 1.81. The Morgan fingerprint density at radius 3 is 2.67 bits per heavy atom. The summed E-state index contributed by atoms with van der Waals surface area (Å²) >= 11 is 0. The van der Waals surface area contributed by atoms with Crippen LogP contribution in [-0.4, -0.2) is 64.4 Å². The maximum absolute atomic E-state index is 13.0. The summed E-state index contributed by atoms with van der Waals surface area (Å²) in [7, 11) is 0. The van der Waals surface area contributed by atoms with E-state index in [0.29, 0.717) is 26.1 Å². The Kier molecular flexibility index (Phi) is 7.00. The van der Waals surface area contributed by atoms with E-state index in [9.17, 15) is 19.8 Å². The summed E-state index contributed by atoms with van der Waals surface area (Å²) in [6.45, 7) is 3.81. The molecule has 9 nitrogen and oxygen atoms in total. The molecule has 0 aliphatic carbocycles. The van der Waals surface area contributed by atoms with Crippen molar-refractivity contribution in [3.63, 3.8) is 0 Å². The molecule has 30 heavy (non-hydrogen) atoms. The lowest BCUT2D eigenvalue weighted by atomic mass is 10.1. The zero-order valence-electron chi connectivity index (χ0n) is 17.2. The quantitative estimate of drug-likeness (QED) is 0.652. The molecule has 2 saturated heterocycles. The van der Waals surface area contributed by atoms with Crippen LogP contribution in [0.25, 0.3) is 0 Å². The van der Waals surface area contributed by atoms with Gasteiger partial charge in [0.1, 0.15) is 18.6 Å². The minimum absolute atomic E-state index is 0.0368. The van der Waals surface area contributed by atoms with Gasteiger partial charge in [0.05, 0.1) is 12.1 Å². The zero-order chi connectivity index (χ0) is 21.7. The number of nitrogens with two attached hydrogens (primary N) is 1. The first-order valence-corrected chi connectivity index (χ1v) is 10.4. The number of likely N-dealkylation sites (tertiary alicyclic amines) is 1. The van der Waals surface area contributed by atoms with Crippen LogP contribution in [0.3, 0.4) is 0 Å². The lowest BCUT2D eigenvalue weighted by Crippen LogP contribution is -2.51. The van der Waals surface area contributed by atoms with Gasteiger partial charge in [0.25, 0.3) is 0 Å². The van der Waals surface area contributed by atoms with E-state index in [1.807, 2.05) is 31.2 Å². The molecule has 2 aliphatic heterocycles. The van der Waals surface area contributed by atoms with Gasteiger partial charge >= 0.3 is 6.03 Å². The Labute approximate surface area is 176 Å². The Bertz CT molecular complexity index is 821. The third-order valence-electron chi connectivity index (χ3n) is 5.90. The number of rotatable bonds is 8. The van der Waals surface area contributed by atoms with Crippen LogP contribution >= 0.6 is 0 Å². The van der Waals surface area contributed by atoms with Crippen LogP contribution in [0.1, 0.15) is 37.3 Å². The minimum atomic E-state index is -0.838. The summed E-state index contributed by atoms with van der Waals surface area (Å²) in [6.07, 6.45) is 2.26. The molecule has 3 amide bonds. The maximum Gasteiger partial charge on any atom is 0.320 e. The number of carbonyl (C=O) groups is 2. The molecule has 0 spiro atoms. The molecule has 1 aromatic carbocycles. The summed E-state index contributed by atoms with van der Waals surface area (Å²) in [6, 6.07) is 8.27. The molecule has 3 atom stereocenters. The normalized spacial score (nSPS) is 22.3. The van der Waals surface area contributed by atoms with Gasteiger partial charge in [0.15, 0.2) is 0 Å². The second-order valence-electron chi connectivity index (χ2n) is 7.91. The van der Waals surface area contributed by atoms with E-state index < -0.39 is 12.1 Å². The fourth-order valence-electron chi connectivity index (χ4n) is 4.18. The van der Waals surface area contributed by atoms with Crippen LogP contribution in [-0.2, 0) is 17.9 Å². The predicted molar refractivity (Wildman–Crippen MR) is 111 cm³/mol. The van der Waals surface area contributed by atoms with Crippen molar-refractivity contribution in [3.8, 4) is 6.07 Å². The third kappa shape index (κ3) is 4.60.